The molecule has 0 aromatic carbocycles. The van der Waals surface area contributed by atoms with Gasteiger partial charge in [-0.05, 0) is 66.6 Å². The van der Waals surface area contributed by atoms with Crippen molar-refractivity contribution in [2.24, 2.45) is 5.92 Å². The third kappa shape index (κ3) is 3.46. The molecule has 0 saturated heterocycles. The van der Waals surface area contributed by atoms with Crippen LogP contribution >= 0.6 is 15.9 Å². The molecule has 126 valence electrons. The summed E-state index contributed by atoms with van der Waals surface area (Å²) in [6.45, 7) is 2.57. The molecule has 24 heavy (non-hydrogen) atoms. The van der Waals surface area contributed by atoms with Gasteiger partial charge in [0.25, 0.3) is 0 Å². The topological polar surface area (TPSA) is 47.9 Å². The molecule has 2 heterocycles. The first-order chi connectivity index (χ1) is 11.7. The van der Waals surface area contributed by atoms with Crippen molar-refractivity contribution in [3.8, 4) is 5.88 Å². The van der Waals surface area contributed by atoms with Crippen molar-refractivity contribution in [2.75, 3.05) is 6.61 Å². The second kappa shape index (κ2) is 6.79. The molecule has 5 heteroatoms. The maximum absolute atomic E-state index is 5.90. The van der Waals surface area contributed by atoms with Gasteiger partial charge < -0.3 is 4.74 Å². The average molecular weight is 388 g/mol. The Hall–Kier alpha value is -1.49. The summed E-state index contributed by atoms with van der Waals surface area (Å²) in [5.74, 6) is 2.46. The van der Waals surface area contributed by atoms with E-state index in [0.29, 0.717) is 24.3 Å². The molecule has 0 spiro atoms. The van der Waals surface area contributed by atoms with Crippen molar-refractivity contribution in [3.63, 3.8) is 0 Å². The van der Waals surface area contributed by atoms with Crippen LogP contribution in [0.15, 0.2) is 22.8 Å². The molecule has 0 aliphatic heterocycles. The van der Waals surface area contributed by atoms with Crippen molar-refractivity contribution < 1.29 is 4.74 Å². The Bertz CT molecular complexity index is 749. The van der Waals surface area contributed by atoms with Crippen LogP contribution < -0.4 is 4.74 Å². The summed E-state index contributed by atoms with van der Waals surface area (Å²) >= 11 is 3.45. The predicted molar refractivity (Wildman–Crippen MR) is 96.3 cm³/mol. The second-order valence-electron chi connectivity index (χ2n) is 6.89. The standard InChI is InChI=1S/C19H22BrN3O/c1-12-21-10-16(20)19(22-12)24-11-14-9-15(14)18-8-7-13-5-3-2-4-6-17(13)23-18/h7-8,10,14-15H,2-6,9,11H2,1H3/t14-,15+/m1/s1. The fraction of sp³-hybridized carbons (Fsp3) is 0.526. The quantitative estimate of drug-likeness (QED) is 0.729. The van der Waals surface area contributed by atoms with E-state index in [1.165, 1.54) is 42.6 Å². The van der Waals surface area contributed by atoms with Crippen LogP contribution in [0.5, 0.6) is 5.88 Å². The Morgan fingerprint density at radius 3 is 2.96 bits per heavy atom. The van der Waals surface area contributed by atoms with Crippen LogP contribution in [0.4, 0.5) is 0 Å². The molecule has 0 amide bonds. The number of halogens is 1. The zero-order valence-electron chi connectivity index (χ0n) is 14.0. The van der Waals surface area contributed by atoms with Crippen LogP contribution in [0.2, 0.25) is 0 Å². The minimum atomic E-state index is 0.542. The summed E-state index contributed by atoms with van der Waals surface area (Å²) in [5.41, 5.74) is 4.05. The maximum Gasteiger partial charge on any atom is 0.231 e. The highest BCUT2D eigenvalue weighted by atomic mass is 79.9. The molecule has 2 aliphatic rings. The lowest BCUT2D eigenvalue weighted by Gasteiger charge is -2.09. The fourth-order valence-electron chi connectivity index (χ4n) is 3.50. The molecular weight excluding hydrogens is 366 g/mol. The summed E-state index contributed by atoms with van der Waals surface area (Å²) in [7, 11) is 0. The molecule has 4 nitrogen and oxygen atoms in total. The SMILES string of the molecule is Cc1ncc(Br)c(OC[C@H]2C[C@@H]2c2ccc3c(n2)CCCCC3)n1. The molecule has 2 atom stereocenters. The number of nitrogens with zero attached hydrogens (tertiary/aromatic N) is 3. The van der Waals surface area contributed by atoms with Crippen LogP contribution in [-0.4, -0.2) is 21.6 Å². The van der Waals surface area contributed by atoms with Gasteiger partial charge in [0.2, 0.25) is 5.88 Å². The molecule has 2 aliphatic carbocycles. The molecule has 4 rings (SSSR count). The van der Waals surface area contributed by atoms with E-state index in [9.17, 15) is 0 Å². The Labute approximate surface area is 151 Å². The zero-order valence-corrected chi connectivity index (χ0v) is 15.6. The minimum absolute atomic E-state index is 0.542. The van der Waals surface area contributed by atoms with Gasteiger partial charge >= 0.3 is 0 Å². The van der Waals surface area contributed by atoms with Crippen LogP contribution in [-0.2, 0) is 12.8 Å². The first-order valence-corrected chi connectivity index (χ1v) is 9.60. The Kier molecular flexibility index (Phi) is 4.53. The molecule has 2 aromatic heterocycles. The first-order valence-electron chi connectivity index (χ1n) is 8.81. The molecule has 0 radical (unpaired) electrons. The lowest BCUT2D eigenvalue weighted by Crippen LogP contribution is -2.05. The van der Waals surface area contributed by atoms with Gasteiger partial charge in [-0.3, -0.25) is 4.98 Å². The zero-order chi connectivity index (χ0) is 16.5. The minimum Gasteiger partial charge on any atom is -0.476 e. The molecule has 2 aromatic rings. The van der Waals surface area contributed by atoms with Gasteiger partial charge in [-0.15, -0.1) is 0 Å². The Balaban J connectivity index is 1.40. The Morgan fingerprint density at radius 2 is 2.04 bits per heavy atom. The maximum atomic E-state index is 5.90. The molecule has 0 N–H and O–H groups in total. The highest BCUT2D eigenvalue weighted by molar-refractivity contribution is 9.10. The number of ether oxygens (including phenoxy) is 1. The van der Waals surface area contributed by atoms with E-state index in [1.807, 2.05) is 6.92 Å². The monoisotopic (exact) mass is 387 g/mol. The van der Waals surface area contributed by atoms with Crippen LogP contribution in [0.25, 0.3) is 0 Å². The lowest BCUT2D eigenvalue weighted by molar-refractivity contribution is 0.282. The van der Waals surface area contributed by atoms with Gasteiger partial charge in [0, 0.05) is 29.4 Å². The van der Waals surface area contributed by atoms with Crippen LogP contribution in [0, 0.1) is 12.8 Å². The van der Waals surface area contributed by atoms with Gasteiger partial charge in [-0.25, -0.2) is 4.98 Å². The lowest BCUT2D eigenvalue weighted by atomic mass is 10.1. The summed E-state index contributed by atoms with van der Waals surface area (Å²) in [4.78, 5) is 13.5. The summed E-state index contributed by atoms with van der Waals surface area (Å²) < 4.78 is 6.71. The number of fused-ring (bicyclic) bond motifs is 1. The van der Waals surface area contributed by atoms with E-state index in [2.05, 4.69) is 38.0 Å². The van der Waals surface area contributed by atoms with Gasteiger partial charge in [0.15, 0.2) is 0 Å². The number of rotatable bonds is 4. The average Bonchev–Trinajstić information content (AvgIpc) is 3.38. The normalized spacial score (nSPS) is 22.6. The van der Waals surface area contributed by atoms with Gasteiger partial charge in [-0.2, -0.15) is 4.98 Å². The van der Waals surface area contributed by atoms with E-state index < -0.39 is 0 Å². The first kappa shape index (κ1) is 16.0. The smallest absolute Gasteiger partial charge is 0.231 e. The van der Waals surface area contributed by atoms with E-state index in [1.54, 1.807) is 6.20 Å². The summed E-state index contributed by atoms with van der Waals surface area (Å²) in [6.07, 6.45) is 9.16. The highest BCUT2D eigenvalue weighted by Crippen LogP contribution is 2.47. The predicted octanol–water partition coefficient (Wildman–Crippen LogP) is 4.39. The second-order valence-corrected chi connectivity index (χ2v) is 7.74. The van der Waals surface area contributed by atoms with E-state index in [-0.39, 0.29) is 0 Å². The van der Waals surface area contributed by atoms with E-state index in [0.717, 1.165) is 23.1 Å². The van der Waals surface area contributed by atoms with Crippen molar-refractivity contribution in [3.05, 3.63) is 45.6 Å². The number of aryl methyl sites for hydroxylation is 3. The third-order valence-corrected chi connectivity index (χ3v) is 5.56. The van der Waals surface area contributed by atoms with Crippen LogP contribution in [0.3, 0.4) is 0 Å². The number of aromatic nitrogens is 3. The molecule has 1 saturated carbocycles. The number of hydrogen-bond acceptors (Lipinski definition) is 4. The van der Waals surface area contributed by atoms with E-state index >= 15 is 0 Å². The molecule has 0 unspecified atom stereocenters. The fourth-order valence-corrected chi connectivity index (χ4v) is 3.80. The number of pyridine rings is 1. The largest absolute Gasteiger partial charge is 0.476 e. The van der Waals surface area contributed by atoms with Crippen LogP contribution in [0.1, 0.15) is 54.4 Å². The summed E-state index contributed by atoms with van der Waals surface area (Å²) in [6, 6.07) is 4.54. The van der Waals surface area contributed by atoms with Gasteiger partial charge in [0.1, 0.15) is 5.82 Å². The van der Waals surface area contributed by atoms with Crippen molar-refractivity contribution >= 4 is 15.9 Å². The van der Waals surface area contributed by atoms with Crippen molar-refractivity contribution in [1.82, 2.24) is 15.0 Å². The Morgan fingerprint density at radius 1 is 1.17 bits per heavy atom. The molecule has 1 fully saturated rings. The summed E-state index contributed by atoms with van der Waals surface area (Å²) in [5, 5.41) is 0. The van der Waals surface area contributed by atoms with Crippen molar-refractivity contribution in [1.29, 1.82) is 0 Å². The van der Waals surface area contributed by atoms with Gasteiger partial charge in [0.05, 0.1) is 11.1 Å². The molecular formula is C19H22BrN3O. The number of hydrogen-bond donors (Lipinski definition) is 0. The third-order valence-electron chi connectivity index (χ3n) is 5.02. The highest BCUT2D eigenvalue weighted by Gasteiger charge is 2.40. The molecule has 0 bridgehead atoms. The van der Waals surface area contributed by atoms with Gasteiger partial charge in [-0.1, -0.05) is 12.5 Å². The van der Waals surface area contributed by atoms with Crippen molar-refractivity contribution in [2.45, 2.75) is 51.4 Å². The van der Waals surface area contributed by atoms with E-state index in [4.69, 9.17) is 9.72 Å².